The van der Waals surface area contributed by atoms with Crippen molar-refractivity contribution >= 4 is 34.0 Å². The Hall–Kier alpha value is 0.190. The Bertz CT molecular complexity index is 404. The van der Waals surface area contributed by atoms with Crippen molar-refractivity contribution in [3.8, 4) is 0 Å². The predicted octanol–water partition coefficient (Wildman–Crippen LogP) is 5.14. The monoisotopic (exact) mass is 307 g/mol. The molecule has 0 aliphatic rings. The zero-order valence-electron chi connectivity index (χ0n) is 11.9. The van der Waals surface area contributed by atoms with Crippen molar-refractivity contribution in [2.24, 2.45) is 0 Å². The average Bonchev–Trinajstić information content (AvgIpc) is 2.12. The zero-order valence-corrected chi connectivity index (χ0v) is 14.3. The van der Waals surface area contributed by atoms with E-state index in [1.807, 2.05) is 18.2 Å². The lowest BCUT2D eigenvalue weighted by atomic mass is 9.80. The fourth-order valence-corrected chi connectivity index (χ4v) is 4.54. The van der Waals surface area contributed by atoms with Crippen LogP contribution < -0.4 is 5.30 Å². The lowest BCUT2D eigenvalue weighted by Crippen LogP contribution is -2.30. The normalized spacial score (nSPS) is 13.8. The molecule has 1 aromatic rings. The fraction of sp³-hybridized carbons (Fsp3) is 0.571. The van der Waals surface area contributed by atoms with Gasteiger partial charge in [0.15, 0.2) is 5.30 Å². The molecule has 0 aliphatic heterocycles. The molecular formula is C14H22Cl2OP+. The van der Waals surface area contributed by atoms with Crippen LogP contribution in [0.4, 0.5) is 0 Å². The van der Waals surface area contributed by atoms with Gasteiger partial charge in [-0.3, -0.25) is 0 Å². The summed E-state index contributed by atoms with van der Waals surface area (Å²) in [6, 6.07) is 6.01. The van der Waals surface area contributed by atoms with Crippen molar-refractivity contribution < 1.29 is 4.89 Å². The smallest absolute Gasteiger partial charge is 0.210 e. The third-order valence-corrected chi connectivity index (χ3v) is 4.96. The Kier molecular flexibility index (Phi) is 4.46. The van der Waals surface area contributed by atoms with Gasteiger partial charge in [0.25, 0.3) is 0 Å². The maximum Gasteiger partial charge on any atom is 0.369 e. The molecule has 18 heavy (non-hydrogen) atoms. The highest BCUT2D eigenvalue weighted by Crippen LogP contribution is 2.66. The van der Waals surface area contributed by atoms with Crippen LogP contribution in [-0.2, 0) is 10.8 Å². The highest BCUT2D eigenvalue weighted by molar-refractivity contribution is 8.18. The summed E-state index contributed by atoms with van der Waals surface area (Å²) in [6.07, 6.45) is -3.09. The zero-order chi connectivity index (χ0) is 14.4. The molecule has 0 fully saturated rings. The molecule has 0 saturated heterocycles. The Morgan fingerprint density at radius 2 is 1.22 bits per heavy atom. The van der Waals surface area contributed by atoms with Gasteiger partial charge in [-0.1, -0.05) is 59.7 Å². The number of rotatable bonds is 1. The molecule has 0 aromatic heterocycles. The molecule has 1 N–H and O–H groups in total. The largest absolute Gasteiger partial charge is 0.369 e. The second-order valence-corrected chi connectivity index (χ2v) is 11.6. The highest BCUT2D eigenvalue weighted by atomic mass is 35.9. The molecular weight excluding hydrogens is 286 g/mol. The summed E-state index contributed by atoms with van der Waals surface area (Å²) in [7, 11) is 0. The number of hydrogen-bond acceptors (Lipinski definition) is 1. The average molecular weight is 308 g/mol. The molecule has 0 amide bonds. The Morgan fingerprint density at radius 3 is 1.44 bits per heavy atom. The third-order valence-electron chi connectivity index (χ3n) is 2.92. The molecule has 102 valence electrons. The van der Waals surface area contributed by atoms with E-state index < -0.39 is 6.19 Å². The first-order valence-electron chi connectivity index (χ1n) is 6.01. The molecule has 1 aromatic carbocycles. The van der Waals surface area contributed by atoms with E-state index in [0.29, 0.717) is 0 Å². The van der Waals surface area contributed by atoms with Gasteiger partial charge in [0.1, 0.15) is 22.5 Å². The van der Waals surface area contributed by atoms with Gasteiger partial charge in [-0.2, -0.15) is 0 Å². The van der Waals surface area contributed by atoms with Crippen LogP contribution in [0.5, 0.6) is 0 Å². The lowest BCUT2D eigenvalue weighted by molar-refractivity contribution is 0.571. The van der Waals surface area contributed by atoms with Crippen LogP contribution in [0.15, 0.2) is 18.2 Å². The van der Waals surface area contributed by atoms with Gasteiger partial charge in [0.2, 0.25) is 0 Å². The van der Waals surface area contributed by atoms with Crippen LogP contribution in [0.1, 0.15) is 52.7 Å². The molecule has 4 heteroatoms. The Labute approximate surface area is 121 Å². The van der Waals surface area contributed by atoms with Crippen molar-refractivity contribution in [1.82, 2.24) is 0 Å². The van der Waals surface area contributed by atoms with Gasteiger partial charge < -0.3 is 0 Å². The van der Waals surface area contributed by atoms with Gasteiger partial charge in [0, 0.05) is 11.1 Å². The lowest BCUT2D eigenvalue weighted by Gasteiger charge is -2.28. The molecule has 0 bridgehead atoms. The van der Waals surface area contributed by atoms with Gasteiger partial charge in [-0.05, 0) is 10.8 Å². The summed E-state index contributed by atoms with van der Waals surface area (Å²) >= 11 is 12.2. The molecule has 1 nitrogen and oxygen atoms in total. The molecule has 1 rings (SSSR count). The minimum Gasteiger partial charge on any atom is -0.210 e. The summed E-state index contributed by atoms with van der Waals surface area (Å²) in [4.78, 5) is 10.2. The number of halogens is 2. The molecule has 0 spiro atoms. The second kappa shape index (κ2) is 4.94. The van der Waals surface area contributed by atoms with Crippen LogP contribution in [0, 0.1) is 0 Å². The first-order chi connectivity index (χ1) is 7.85. The number of hydrogen-bond donors (Lipinski definition) is 1. The summed E-state index contributed by atoms with van der Waals surface area (Å²) < 4.78 is 0. The van der Waals surface area contributed by atoms with E-state index in [9.17, 15) is 4.89 Å². The highest BCUT2D eigenvalue weighted by Gasteiger charge is 2.44. The minimum atomic E-state index is -3.09. The standard InChI is InChI=1S/C14H22Cl2OP/c1-13(2,3)10-8-7-9-11(14(4,5)6)12(10)18(15,16)17/h7-9,17H,1-6H3/q+1. The quantitative estimate of drug-likeness (QED) is 0.712. The van der Waals surface area contributed by atoms with Crippen LogP contribution in [0.3, 0.4) is 0 Å². The van der Waals surface area contributed by atoms with Crippen molar-refractivity contribution in [3.63, 3.8) is 0 Å². The van der Waals surface area contributed by atoms with Crippen molar-refractivity contribution in [2.45, 2.75) is 52.4 Å². The summed E-state index contributed by atoms with van der Waals surface area (Å²) in [5, 5.41) is 0.730. The van der Waals surface area contributed by atoms with Gasteiger partial charge in [-0.15, -0.1) is 0 Å². The van der Waals surface area contributed by atoms with E-state index in [2.05, 4.69) is 41.5 Å². The maximum atomic E-state index is 10.2. The summed E-state index contributed by atoms with van der Waals surface area (Å²) in [5.41, 5.74) is 1.84. The Morgan fingerprint density at radius 1 is 0.889 bits per heavy atom. The van der Waals surface area contributed by atoms with Gasteiger partial charge >= 0.3 is 6.19 Å². The van der Waals surface area contributed by atoms with Crippen molar-refractivity contribution in [2.75, 3.05) is 0 Å². The topological polar surface area (TPSA) is 20.2 Å². The molecule has 0 saturated carbocycles. The van der Waals surface area contributed by atoms with Crippen LogP contribution in [-0.4, -0.2) is 4.89 Å². The minimum absolute atomic E-state index is 0.103. The first-order valence-corrected chi connectivity index (χ1v) is 9.56. The van der Waals surface area contributed by atoms with E-state index in [4.69, 9.17) is 22.5 Å². The molecule has 0 atom stereocenters. The molecule has 0 radical (unpaired) electrons. The van der Waals surface area contributed by atoms with Gasteiger partial charge in [-0.25, -0.2) is 4.89 Å². The summed E-state index contributed by atoms with van der Waals surface area (Å²) in [6.45, 7) is 12.6. The van der Waals surface area contributed by atoms with E-state index in [-0.39, 0.29) is 10.8 Å². The van der Waals surface area contributed by atoms with E-state index in [0.717, 1.165) is 16.4 Å². The van der Waals surface area contributed by atoms with E-state index >= 15 is 0 Å². The van der Waals surface area contributed by atoms with Gasteiger partial charge in [0.05, 0.1) is 0 Å². The van der Waals surface area contributed by atoms with Crippen LogP contribution in [0.25, 0.3) is 0 Å². The van der Waals surface area contributed by atoms with Crippen molar-refractivity contribution in [1.29, 1.82) is 0 Å². The molecule has 0 unspecified atom stereocenters. The van der Waals surface area contributed by atoms with Crippen LogP contribution >= 0.6 is 28.7 Å². The second-order valence-electron chi connectivity index (χ2n) is 6.69. The van der Waals surface area contributed by atoms with Crippen molar-refractivity contribution in [3.05, 3.63) is 29.3 Å². The van der Waals surface area contributed by atoms with E-state index in [1.54, 1.807) is 0 Å². The number of benzene rings is 1. The van der Waals surface area contributed by atoms with Crippen LogP contribution in [0.2, 0.25) is 0 Å². The summed E-state index contributed by atoms with van der Waals surface area (Å²) in [5.74, 6) is 0. The SMILES string of the molecule is CC(C)(C)c1cccc(C(C)(C)C)c1[P+](O)(Cl)Cl. The fourth-order valence-electron chi connectivity index (χ4n) is 2.04. The first kappa shape index (κ1) is 16.2. The molecule has 0 aliphatic carbocycles. The predicted molar refractivity (Wildman–Crippen MR) is 84.3 cm³/mol. The molecule has 0 heterocycles. The maximum absolute atomic E-state index is 10.2. The van der Waals surface area contributed by atoms with E-state index in [1.165, 1.54) is 0 Å². The third kappa shape index (κ3) is 3.61. The Balaban J connectivity index is 3.68.